The molecule has 0 fully saturated rings. The highest BCUT2D eigenvalue weighted by atomic mass is 35.5. The van der Waals surface area contributed by atoms with Gasteiger partial charge in [0.25, 0.3) is 0 Å². The smallest absolute Gasteiger partial charge is 0.182 e. The quantitative estimate of drug-likeness (QED) is 0.778. The first-order valence-corrected chi connectivity index (χ1v) is 5.16. The molecule has 7 heteroatoms. The fourth-order valence-corrected chi connectivity index (χ4v) is 1.66. The van der Waals surface area contributed by atoms with Gasteiger partial charge in [-0.25, -0.2) is 4.39 Å². The fourth-order valence-electron chi connectivity index (χ4n) is 1.39. The van der Waals surface area contributed by atoms with E-state index in [9.17, 15) is 9.18 Å². The molecule has 2 aromatic rings. The maximum atomic E-state index is 13.4. The molecular weight excluding hydrogens is 247 g/mol. The highest BCUT2D eigenvalue weighted by Crippen LogP contribution is 2.20. The van der Waals surface area contributed by atoms with Crippen LogP contribution in [0.4, 0.5) is 4.39 Å². The predicted octanol–water partition coefficient (Wildman–Crippen LogP) is 1.43. The molecule has 0 radical (unpaired) electrons. The Hall–Kier alpha value is -1.82. The van der Waals surface area contributed by atoms with Crippen LogP contribution >= 0.6 is 11.6 Å². The van der Waals surface area contributed by atoms with Crippen LogP contribution in [0.2, 0.25) is 5.02 Å². The van der Waals surface area contributed by atoms with E-state index in [0.717, 1.165) is 0 Å². The molecule has 0 amide bonds. The number of aryl methyl sites for hydroxylation is 1. The van der Waals surface area contributed by atoms with Crippen molar-refractivity contribution in [3.8, 4) is 0 Å². The summed E-state index contributed by atoms with van der Waals surface area (Å²) in [5.74, 6) is -0.885. The van der Waals surface area contributed by atoms with E-state index in [1.165, 1.54) is 23.0 Å². The second-order valence-electron chi connectivity index (χ2n) is 3.39. The third-order valence-corrected chi connectivity index (χ3v) is 2.42. The SMILES string of the molecule is Cn1nnc(CC(=O)c2c(F)cccc2Cl)n1. The van der Waals surface area contributed by atoms with Crippen LogP contribution in [-0.2, 0) is 13.5 Å². The number of tetrazole rings is 1. The number of Topliss-reactive ketones (excluding diaryl/α,β-unsaturated/α-hetero) is 1. The highest BCUT2D eigenvalue weighted by molar-refractivity contribution is 6.34. The number of carbonyl (C=O) groups excluding carboxylic acids is 1. The highest BCUT2D eigenvalue weighted by Gasteiger charge is 2.17. The molecule has 0 aliphatic carbocycles. The molecule has 0 saturated heterocycles. The first kappa shape index (κ1) is 11.7. The number of ketones is 1. The molecule has 0 saturated carbocycles. The molecule has 0 spiro atoms. The number of rotatable bonds is 3. The van der Waals surface area contributed by atoms with Crippen LogP contribution in [0.3, 0.4) is 0 Å². The Morgan fingerprint density at radius 3 is 2.88 bits per heavy atom. The van der Waals surface area contributed by atoms with Gasteiger partial charge in [-0.15, -0.1) is 10.2 Å². The van der Waals surface area contributed by atoms with Crippen molar-refractivity contribution in [2.75, 3.05) is 0 Å². The zero-order chi connectivity index (χ0) is 12.4. The largest absolute Gasteiger partial charge is 0.294 e. The van der Waals surface area contributed by atoms with Gasteiger partial charge in [0.1, 0.15) is 5.82 Å². The molecule has 2 rings (SSSR count). The lowest BCUT2D eigenvalue weighted by atomic mass is 10.1. The first-order chi connectivity index (χ1) is 8.08. The Morgan fingerprint density at radius 1 is 1.53 bits per heavy atom. The van der Waals surface area contributed by atoms with Crippen molar-refractivity contribution in [3.63, 3.8) is 0 Å². The van der Waals surface area contributed by atoms with Gasteiger partial charge in [-0.2, -0.15) is 4.80 Å². The molecule has 0 atom stereocenters. The average Bonchev–Trinajstić information content (AvgIpc) is 2.63. The number of aromatic nitrogens is 4. The van der Waals surface area contributed by atoms with Gasteiger partial charge in [0.15, 0.2) is 11.6 Å². The molecule has 0 unspecified atom stereocenters. The second kappa shape index (κ2) is 4.58. The second-order valence-corrected chi connectivity index (χ2v) is 3.80. The third kappa shape index (κ3) is 2.47. The van der Waals surface area contributed by atoms with E-state index in [-0.39, 0.29) is 22.8 Å². The maximum Gasteiger partial charge on any atom is 0.182 e. The molecule has 1 aromatic heterocycles. The molecule has 0 N–H and O–H groups in total. The number of hydrogen-bond acceptors (Lipinski definition) is 4. The normalized spacial score (nSPS) is 10.5. The first-order valence-electron chi connectivity index (χ1n) is 4.78. The number of halogens is 2. The zero-order valence-electron chi connectivity index (χ0n) is 8.89. The van der Waals surface area contributed by atoms with Crippen LogP contribution in [0.25, 0.3) is 0 Å². The third-order valence-electron chi connectivity index (χ3n) is 2.11. The van der Waals surface area contributed by atoms with Gasteiger partial charge in [-0.1, -0.05) is 17.7 Å². The minimum absolute atomic E-state index is 0.0823. The number of hydrogen-bond donors (Lipinski definition) is 0. The van der Waals surface area contributed by atoms with E-state index in [4.69, 9.17) is 11.6 Å². The van der Waals surface area contributed by atoms with Crippen molar-refractivity contribution in [1.29, 1.82) is 0 Å². The van der Waals surface area contributed by atoms with Crippen molar-refractivity contribution in [1.82, 2.24) is 20.2 Å². The number of benzene rings is 1. The molecule has 5 nitrogen and oxygen atoms in total. The van der Waals surface area contributed by atoms with Crippen LogP contribution in [-0.4, -0.2) is 26.0 Å². The van der Waals surface area contributed by atoms with E-state index >= 15 is 0 Å². The maximum absolute atomic E-state index is 13.4. The van der Waals surface area contributed by atoms with Crippen molar-refractivity contribution in [2.45, 2.75) is 6.42 Å². The monoisotopic (exact) mass is 254 g/mol. The Morgan fingerprint density at radius 2 is 2.29 bits per heavy atom. The standard InChI is InChI=1S/C10H8ClFN4O/c1-16-14-9(13-15-16)5-8(17)10-6(11)3-2-4-7(10)12/h2-4H,5H2,1H3. The summed E-state index contributed by atoms with van der Waals surface area (Å²) in [5, 5.41) is 11.2. The van der Waals surface area contributed by atoms with E-state index in [0.29, 0.717) is 0 Å². The Balaban J connectivity index is 2.26. The molecule has 1 aromatic carbocycles. The lowest BCUT2D eigenvalue weighted by Gasteiger charge is -2.02. The summed E-state index contributed by atoms with van der Waals surface area (Å²) >= 11 is 5.77. The minimum atomic E-state index is -0.647. The lowest BCUT2D eigenvalue weighted by Crippen LogP contribution is -2.08. The molecule has 1 heterocycles. The van der Waals surface area contributed by atoms with Crippen molar-refractivity contribution in [2.24, 2.45) is 7.05 Å². The number of nitrogens with zero attached hydrogens (tertiary/aromatic N) is 4. The summed E-state index contributed by atoms with van der Waals surface area (Å²) in [6.45, 7) is 0. The summed E-state index contributed by atoms with van der Waals surface area (Å²) < 4.78 is 13.4. The molecule has 17 heavy (non-hydrogen) atoms. The predicted molar refractivity (Wildman–Crippen MR) is 58.2 cm³/mol. The Bertz CT molecular complexity index is 549. The van der Waals surface area contributed by atoms with Crippen molar-refractivity contribution in [3.05, 3.63) is 40.4 Å². The van der Waals surface area contributed by atoms with Gasteiger partial charge in [0, 0.05) is 0 Å². The topological polar surface area (TPSA) is 60.7 Å². The summed E-state index contributed by atoms with van der Waals surface area (Å²) in [5.41, 5.74) is -0.137. The van der Waals surface area contributed by atoms with Crippen LogP contribution in [0.1, 0.15) is 16.2 Å². The lowest BCUT2D eigenvalue weighted by molar-refractivity contribution is 0.0987. The Kier molecular flexibility index (Phi) is 3.14. The van der Waals surface area contributed by atoms with E-state index in [1.807, 2.05) is 0 Å². The van der Waals surface area contributed by atoms with Crippen LogP contribution in [0.15, 0.2) is 18.2 Å². The molecule has 0 bridgehead atoms. The van der Waals surface area contributed by atoms with Gasteiger partial charge in [-0.05, 0) is 17.3 Å². The van der Waals surface area contributed by atoms with E-state index in [2.05, 4.69) is 15.4 Å². The molecular formula is C10H8ClFN4O. The molecule has 0 aliphatic heterocycles. The van der Waals surface area contributed by atoms with Gasteiger partial charge < -0.3 is 0 Å². The van der Waals surface area contributed by atoms with Crippen LogP contribution in [0.5, 0.6) is 0 Å². The summed E-state index contributed by atoms with van der Waals surface area (Å²) in [6, 6.07) is 4.08. The van der Waals surface area contributed by atoms with Gasteiger partial charge >= 0.3 is 0 Å². The van der Waals surface area contributed by atoms with Gasteiger partial charge in [0.05, 0.1) is 24.1 Å². The van der Waals surface area contributed by atoms with E-state index < -0.39 is 11.6 Å². The summed E-state index contributed by atoms with van der Waals surface area (Å²) in [6.07, 6.45) is -0.130. The summed E-state index contributed by atoms with van der Waals surface area (Å²) in [4.78, 5) is 13.1. The summed E-state index contributed by atoms with van der Waals surface area (Å²) in [7, 11) is 1.58. The minimum Gasteiger partial charge on any atom is -0.294 e. The molecule has 0 aliphatic rings. The Labute approximate surface area is 101 Å². The van der Waals surface area contributed by atoms with Crippen LogP contribution < -0.4 is 0 Å². The zero-order valence-corrected chi connectivity index (χ0v) is 9.65. The number of carbonyl (C=O) groups is 1. The molecule has 88 valence electrons. The van der Waals surface area contributed by atoms with Crippen molar-refractivity contribution < 1.29 is 9.18 Å². The van der Waals surface area contributed by atoms with Gasteiger partial charge in [0.2, 0.25) is 0 Å². The van der Waals surface area contributed by atoms with E-state index in [1.54, 1.807) is 7.05 Å². The van der Waals surface area contributed by atoms with Crippen LogP contribution in [0, 0.1) is 5.82 Å². The van der Waals surface area contributed by atoms with Gasteiger partial charge in [-0.3, -0.25) is 4.79 Å². The fraction of sp³-hybridized carbons (Fsp3) is 0.200. The average molecular weight is 255 g/mol. The van der Waals surface area contributed by atoms with Crippen molar-refractivity contribution >= 4 is 17.4 Å².